The maximum Gasteiger partial charge on any atom is 0.222 e. The van der Waals surface area contributed by atoms with Crippen LogP contribution in [-0.2, 0) is 4.79 Å². The van der Waals surface area contributed by atoms with Gasteiger partial charge in [-0.2, -0.15) is 0 Å². The lowest BCUT2D eigenvalue weighted by atomic mass is 10.1. The number of hydrogen-bond donors (Lipinski definition) is 0. The van der Waals surface area contributed by atoms with Gasteiger partial charge in [-0.05, 0) is 0 Å². The molecule has 0 saturated carbocycles. The molecule has 0 aliphatic carbocycles. The van der Waals surface area contributed by atoms with E-state index in [9.17, 15) is 9.18 Å². The third-order valence-corrected chi connectivity index (χ3v) is 1.64. The molecule has 1 aliphatic rings. The molecule has 1 heterocycles. The summed E-state index contributed by atoms with van der Waals surface area (Å²) in [6, 6.07) is 0. The zero-order valence-electron chi connectivity index (χ0n) is 5.43. The molecule has 0 spiro atoms. The van der Waals surface area contributed by atoms with Crippen LogP contribution in [0.15, 0.2) is 0 Å². The zero-order valence-corrected chi connectivity index (χ0v) is 5.43. The Morgan fingerprint density at radius 2 is 2.56 bits per heavy atom. The Morgan fingerprint density at radius 1 is 1.89 bits per heavy atom. The van der Waals surface area contributed by atoms with Crippen molar-refractivity contribution < 1.29 is 9.18 Å². The van der Waals surface area contributed by atoms with Crippen LogP contribution in [0.1, 0.15) is 6.42 Å². The van der Waals surface area contributed by atoms with Crippen LogP contribution in [-0.4, -0.2) is 31.1 Å². The molecule has 1 rings (SSSR count). The van der Waals surface area contributed by atoms with Crippen molar-refractivity contribution in [2.45, 2.75) is 6.42 Å². The molecule has 0 bridgehead atoms. The minimum absolute atomic E-state index is 0.0394. The fraction of sp³-hybridized carbons (Fsp3) is 0.833. The van der Waals surface area contributed by atoms with E-state index in [2.05, 4.69) is 0 Å². The van der Waals surface area contributed by atoms with E-state index >= 15 is 0 Å². The molecule has 52 valence electrons. The number of carbonyl (C=O) groups excluding carboxylic acids is 1. The van der Waals surface area contributed by atoms with Crippen LogP contribution in [0.25, 0.3) is 0 Å². The van der Waals surface area contributed by atoms with Gasteiger partial charge in [0.1, 0.15) is 0 Å². The van der Waals surface area contributed by atoms with Crippen molar-refractivity contribution in [1.29, 1.82) is 0 Å². The summed E-state index contributed by atoms with van der Waals surface area (Å²) in [4.78, 5) is 12.3. The molecule has 1 aliphatic heterocycles. The highest BCUT2D eigenvalue weighted by Crippen LogP contribution is 2.15. The van der Waals surface area contributed by atoms with Crippen LogP contribution in [0.3, 0.4) is 0 Å². The normalized spacial score (nSPS) is 27.6. The summed E-state index contributed by atoms with van der Waals surface area (Å²) in [5.41, 5.74) is 0. The van der Waals surface area contributed by atoms with E-state index in [1.54, 1.807) is 11.9 Å². The highest BCUT2D eigenvalue weighted by atomic mass is 19.1. The fourth-order valence-electron chi connectivity index (χ4n) is 1.06. The number of halogens is 1. The van der Waals surface area contributed by atoms with Gasteiger partial charge < -0.3 is 4.90 Å². The number of likely N-dealkylation sites (tertiary alicyclic amines) is 1. The molecule has 0 aromatic rings. The number of amides is 1. The van der Waals surface area contributed by atoms with E-state index in [0.717, 1.165) is 0 Å². The Labute approximate surface area is 53.6 Å². The van der Waals surface area contributed by atoms with Crippen LogP contribution in [0, 0.1) is 5.92 Å². The maximum absolute atomic E-state index is 11.9. The molecule has 1 unspecified atom stereocenters. The summed E-state index contributed by atoms with van der Waals surface area (Å²) in [7, 11) is 1.71. The predicted molar refractivity (Wildman–Crippen MR) is 31.7 cm³/mol. The van der Waals surface area contributed by atoms with Crippen LogP contribution in [0.2, 0.25) is 0 Å². The van der Waals surface area contributed by atoms with Gasteiger partial charge in [0.05, 0.1) is 6.67 Å². The molecule has 1 atom stereocenters. The largest absolute Gasteiger partial charge is 0.345 e. The Kier molecular flexibility index (Phi) is 1.69. The van der Waals surface area contributed by atoms with Gasteiger partial charge in [0.15, 0.2) is 0 Å². The van der Waals surface area contributed by atoms with Gasteiger partial charge in [0, 0.05) is 25.9 Å². The third kappa shape index (κ3) is 1.20. The van der Waals surface area contributed by atoms with Crippen molar-refractivity contribution in [3.05, 3.63) is 0 Å². The van der Waals surface area contributed by atoms with Gasteiger partial charge in [-0.15, -0.1) is 0 Å². The lowest BCUT2D eigenvalue weighted by molar-refractivity contribution is -0.126. The molecule has 1 fully saturated rings. The van der Waals surface area contributed by atoms with Crippen molar-refractivity contribution in [2.24, 2.45) is 5.92 Å². The Morgan fingerprint density at radius 3 is 2.78 bits per heavy atom. The molecule has 0 aromatic carbocycles. The summed E-state index contributed by atoms with van der Waals surface area (Å²) in [5, 5.41) is 0. The van der Waals surface area contributed by atoms with Crippen LogP contribution in [0.4, 0.5) is 4.39 Å². The van der Waals surface area contributed by atoms with E-state index in [1.165, 1.54) is 0 Å². The molecule has 0 radical (unpaired) electrons. The molecule has 0 aromatic heterocycles. The predicted octanol–water partition coefficient (Wildman–Crippen LogP) is 0.434. The minimum atomic E-state index is -0.365. The Hall–Kier alpha value is -0.600. The zero-order chi connectivity index (χ0) is 6.85. The number of nitrogens with zero attached hydrogens (tertiary/aromatic N) is 1. The molecule has 2 nitrogen and oxygen atoms in total. The van der Waals surface area contributed by atoms with Crippen molar-refractivity contribution in [3.8, 4) is 0 Å². The second-order valence-electron chi connectivity index (χ2n) is 2.50. The number of hydrogen-bond acceptors (Lipinski definition) is 1. The monoisotopic (exact) mass is 131 g/mol. The minimum Gasteiger partial charge on any atom is -0.345 e. The molecular weight excluding hydrogens is 121 g/mol. The quantitative estimate of drug-likeness (QED) is 0.505. The van der Waals surface area contributed by atoms with E-state index in [0.29, 0.717) is 13.0 Å². The topological polar surface area (TPSA) is 20.3 Å². The fourth-order valence-corrected chi connectivity index (χ4v) is 1.06. The number of alkyl halides is 1. The van der Waals surface area contributed by atoms with Crippen LogP contribution in [0.5, 0.6) is 0 Å². The first kappa shape index (κ1) is 6.52. The van der Waals surface area contributed by atoms with Gasteiger partial charge in [0.25, 0.3) is 0 Å². The van der Waals surface area contributed by atoms with Gasteiger partial charge in [-0.3, -0.25) is 9.18 Å². The highest BCUT2D eigenvalue weighted by Gasteiger charge is 2.25. The smallest absolute Gasteiger partial charge is 0.222 e. The van der Waals surface area contributed by atoms with Crippen molar-refractivity contribution >= 4 is 5.91 Å². The molecular formula is C6H10FNO. The standard InChI is InChI=1S/C6H10FNO/c1-8-4-5(3-7)2-6(8)9/h5H,2-4H2,1H3. The molecule has 1 amide bonds. The van der Waals surface area contributed by atoms with E-state index in [1.807, 2.05) is 0 Å². The summed E-state index contributed by atoms with van der Waals surface area (Å²) in [6.45, 7) is 0.228. The molecule has 3 heteroatoms. The Bertz CT molecular complexity index is 126. The van der Waals surface area contributed by atoms with E-state index in [4.69, 9.17) is 0 Å². The van der Waals surface area contributed by atoms with Crippen molar-refractivity contribution in [1.82, 2.24) is 4.90 Å². The lowest BCUT2D eigenvalue weighted by Crippen LogP contribution is -2.19. The first-order valence-corrected chi connectivity index (χ1v) is 3.04. The van der Waals surface area contributed by atoms with E-state index in [-0.39, 0.29) is 18.5 Å². The number of rotatable bonds is 1. The Balaban J connectivity index is 2.44. The molecule has 9 heavy (non-hydrogen) atoms. The summed E-state index contributed by atoms with van der Waals surface area (Å²) in [6.07, 6.45) is 0.396. The SMILES string of the molecule is CN1CC(CF)CC1=O. The first-order chi connectivity index (χ1) is 4.24. The summed E-state index contributed by atoms with van der Waals surface area (Å²) in [5.74, 6) is 0.0279. The summed E-state index contributed by atoms with van der Waals surface area (Å²) < 4.78 is 11.9. The van der Waals surface area contributed by atoms with Crippen LogP contribution < -0.4 is 0 Å². The average Bonchev–Trinajstić information content (AvgIpc) is 2.13. The highest BCUT2D eigenvalue weighted by molar-refractivity contribution is 5.78. The summed E-state index contributed by atoms with van der Waals surface area (Å²) >= 11 is 0. The molecule has 1 saturated heterocycles. The van der Waals surface area contributed by atoms with Gasteiger partial charge in [-0.25, -0.2) is 0 Å². The first-order valence-electron chi connectivity index (χ1n) is 3.04. The lowest BCUT2D eigenvalue weighted by Gasteiger charge is -2.05. The number of carbonyl (C=O) groups is 1. The third-order valence-electron chi connectivity index (χ3n) is 1.64. The van der Waals surface area contributed by atoms with E-state index < -0.39 is 0 Å². The maximum atomic E-state index is 11.9. The van der Waals surface area contributed by atoms with Gasteiger partial charge in [0.2, 0.25) is 5.91 Å². The second kappa shape index (κ2) is 2.33. The molecule has 0 N–H and O–H groups in total. The van der Waals surface area contributed by atoms with Crippen LogP contribution >= 0.6 is 0 Å². The van der Waals surface area contributed by atoms with Gasteiger partial charge in [-0.1, -0.05) is 0 Å². The second-order valence-corrected chi connectivity index (χ2v) is 2.50. The van der Waals surface area contributed by atoms with Crippen molar-refractivity contribution in [2.75, 3.05) is 20.3 Å². The van der Waals surface area contributed by atoms with Gasteiger partial charge >= 0.3 is 0 Å². The van der Waals surface area contributed by atoms with Crippen molar-refractivity contribution in [3.63, 3.8) is 0 Å². The average molecular weight is 131 g/mol.